The second kappa shape index (κ2) is 7.37. The lowest BCUT2D eigenvalue weighted by Crippen LogP contribution is -2.34. The summed E-state index contributed by atoms with van der Waals surface area (Å²) in [5, 5.41) is 3.63. The van der Waals surface area contributed by atoms with Crippen molar-refractivity contribution in [1.29, 1.82) is 0 Å². The van der Waals surface area contributed by atoms with Gasteiger partial charge in [-0.05, 0) is 23.0 Å². The van der Waals surface area contributed by atoms with Gasteiger partial charge in [-0.15, -0.1) is 0 Å². The van der Waals surface area contributed by atoms with Crippen LogP contribution in [0.3, 0.4) is 0 Å². The summed E-state index contributed by atoms with van der Waals surface area (Å²) in [6.07, 6.45) is 0. The van der Waals surface area contributed by atoms with Crippen molar-refractivity contribution in [1.82, 2.24) is 5.32 Å². The van der Waals surface area contributed by atoms with Crippen molar-refractivity contribution < 1.29 is 0 Å². The van der Waals surface area contributed by atoms with Crippen LogP contribution in [-0.2, 0) is 6.54 Å². The van der Waals surface area contributed by atoms with Gasteiger partial charge in [0.25, 0.3) is 0 Å². The van der Waals surface area contributed by atoms with Gasteiger partial charge in [-0.2, -0.15) is 0 Å². The molecule has 0 heterocycles. The molecule has 0 bridgehead atoms. The summed E-state index contributed by atoms with van der Waals surface area (Å²) in [7, 11) is 0. The third-order valence-corrected chi connectivity index (χ3v) is 4.13. The molecule has 1 rings (SSSR count). The Labute approximate surface area is 120 Å². The molecule has 17 heavy (non-hydrogen) atoms. The Balaban J connectivity index is 2.52. The predicted molar refractivity (Wildman–Crippen MR) is 84.9 cm³/mol. The summed E-state index contributed by atoms with van der Waals surface area (Å²) in [4.78, 5) is 0. The fraction of sp³-hybridized carbons (Fsp3) is 0.600. The highest BCUT2D eigenvalue weighted by Gasteiger charge is 2.10. The molecule has 0 spiro atoms. The van der Waals surface area contributed by atoms with Gasteiger partial charge < -0.3 is 5.32 Å². The van der Waals surface area contributed by atoms with Crippen molar-refractivity contribution in [3.05, 3.63) is 35.4 Å². The molecule has 2 heteroatoms. The van der Waals surface area contributed by atoms with E-state index < -0.39 is 0 Å². The largest absolute Gasteiger partial charge is 0.309 e. The number of hydrogen-bond acceptors (Lipinski definition) is 1. The maximum Gasteiger partial charge on any atom is 0.0208 e. The van der Waals surface area contributed by atoms with Crippen LogP contribution in [0.5, 0.6) is 0 Å². The SMILES string of the molecule is CC(C)c1ccc(CNC(CI)C(C)C)cc1. The first kappa shape index (κ1) is 15.0. The number of benzene rings is 1. The molecule has 1 atom stereocenters. The summed E-state index contributed by atoms with van der Waals surface area (Å²) in [6, 6.07) is 9.59. The van der Waals surface area contributed by atoms with Crippen molar-refractivity contribution in [2.75, 3.05) is 4.43 Å². The number of halogens is 1. The van der Waals surface area contributed by atoms with Crippen LogP contribution in [0.25, 0.3) is 0 Å². The molecule has 0 aliphatic heterocycles. The third-order valence-electron chi connectivity index (χ3n) is 3.19. The fourth-order valence-corrected chi connectivity index (χ4v) is 3.07. The van der Waals surface area contributed by atoms with Crippen molar-refractivity contribution in [2.45, 2.75) is 46.2 Å². The van der Waals surface area contributed by atoms with Crippen LogP contribution in [-0.4, -0.2) is 10.5 Å². The summed E-state index contributed by atoms with van der Waals surface area (Å²) in [5.41, 5.74) is 2.80. The number of rotatable bonds is 6. The Morgan fingerprint density at radius 1 is 1.06 bits per heavy atom. The van der Waals surface area contributed by atoms with Crippen molar-refractivity contribution in [3.63, 3.8) is 0 Å². The van der Waals surface area contributed by atoms with E-state index in [0.29, 0.717) is 17.9 Å². The fourth-order valence-electron chi connectivity index (χ4n) is 1.74. The van der Waals surface area contributed by atoms with E-state index in [1.165, 1.54) is 15.6 Å². The minimum Gasteiger partial charge on any atom is -0.309 e. The first-order valence-corrected chi connectivity index (χ1v) is 7.95. The van der Waals surface area contributed by atoms with Gasteiger partial charge in [0, 0.05) is 17.0 Å². The Morgan fingerprint density at radius 3 is 2.06 bits per heavy atom. The Kier molecular flexibility index (Phi) is 6.49. The lowest BCUT2D eigenvalue weighted by Gasteiger charge is -2.20. The zero-order valence-electron chi connectivity index (χ0n) is 11.3. The standard InChI is InChI=1S/C15H24IN/c1-11(2)14-7-5-13(6-8-14)10-17-15(9-16)12(3)4/h5-8,11-12,15,17H,9-10H2,1-4H3. The molecule has 0 saturated heterocycles. The van der Waals surface area contributed by atoms with Gasteiger partial charge in [0.05, 0.1) is 0 Å². The van der Waals surface area contributed by atoms with Gasteiger partial charge in [-0.25, -0.2) is 0 Å². The quantitative estimate of drug-likeness (QED) is 0.597. The molecule has 1 nitrogen and oxygen atoms in total. The summed E-state index contributed by atoms with van der Waals surface area (Å²) < 4.78 is 1.17. The first-order valence-electron chi connectivity index (χ1n) is 6.42. The molecule has 1 unspecified atom stereocenters. The number of hydrogen-bond donors (Lipinski definition) is 1. The zero-order chi connectivity index (χ0) is 12.8. The molecule has 0 aliphatic carbocycles. The van der Waals surface area contributed by atoms with Crippen molar-refractivity contribution in [2.24, 2.45) is 5.92 Å². The van der Waals surface area contributed by atoms with Crippen LogP contribution in [0.4, 0.5) is 0 Å². The second-order valence-corrected chi connectivity index (χ2v) is 6.16. The predicted octanol–water partition coefficient (Wildman–Crippen LogP) is 4.36. The van der Waals surface area contributed by atoms with E-state index in [0.717, 1.165) is 6.54 Å². The van der Waals surface area contributed by atoms with E-state index in [1.807, 2.05) is 0 Å². The summed E-state index contributed by atoms with van der Waals surface area (Å²) in [5.74, 6) is 1.32. The first-order chi connectivity index (χ1) is 8.04. The van der Waals surface area contributed by atoms with Crippen LogP contribution in [0.1, 0.15) is 44.7 Å². The molecule has 1 aromatic carbocycles. The number of nitrogens with one attached hydrogen (secondary N) is 1. The average Bonchev–Trinajstić information content (AvgIpc) is 2.30. The van der Waals surface area contributed by atoms with Crippen LogP contribution in [0.15, 0.2) is 24.3 Å². The average molecular weight is 345 g/mol. The lowest BCUT2D eigenvalue weighted by molar-refractivity contribution is 0.436. The highest BCUT2D eigenvalue weighted by molar-refractivity contribution is 14.1. The third kappa shape index (κ3) is 4.96. The highest BCUT2D eigenvalue weighted by atomic mass is 127. The summed E-state index contributed by atoms with van der Waals surface area (Å²) >= 11 is 2.46. The topological polar surface area (TPSA) is 12.0 Å². The smallest absolute Gasteiger partial charge is 0.0208 e. The molecule has 1 aromatic rings. The molecule has 0 radical (unpaired) electrons. The van der Waals surface area contributed by atoms with Crippen molar-refractivity contribution in [3.8, 4) is 0 Å². The van der Waals surface area contributed by atoms with E-state index in [2.05, 4.69) is 79.9 Å². The zero-order valence-corrected chi connectivity index (χ0v) is 13.5. The van der Waals surface area contributed by atoms with Gasteiger partial charge in [0.15, 0.2) is 0 Å². The maximum atomic E-state index is 3.63. The van der Waals surface area contributed by atoms with Crippen LogP contribution in [0, 0.1) is 5.92 Å². The van der Waals surface area contributed by atoms with E-state index in [-0.39, 0.29) is 0 Å². The Hall–Kier alpha value is -0.0900. The minimum absolute atomic E-state index is 0.611. The normalized spacial score (nSPS) is 13.4. The molecule has 0 aromatic heterocycles. The highest BCUT2D eigenvalue weighted by Crippen LogP contribution is 2.15. The van der Waals surface area contributed by atoms with Crippen LogP contribution in [0.2, 0.25) is 0 Å². The van der Waals surface area contributed by atoms with Gasteiger partial charge in [-0.3, -0.25) is 0 Å². The molecule has 0 saturated carbocycles. The van der Waals surface area contributed by atoms with E-state index in [9.17, 15) is 0 Å². The monoisotopic (exact) mass is 345 g/mol. The van der Waals surface area contributed by atoms with Gasteiger partial charge in [0.1, 0.15) is 0 Å². The Bertz CT molecular complexity index is 316. The molecule has 0 fully saturated rings. The number of alkyl halides is 1. The van der Waals surface area contributed by atoms with Gasteiger partial charge in [-0.1, -0.05) is 74.6 Å². The van der Waals surface area contributed by atoms with E-state index in [1.54, 1.807) is 0 Å². The summed E-state index contributed by atoms with van der Waals surface area (Å²) in [6.45, 7) is 10.00. The molecule has 0 amide bonds. The maximum absolute atomic E-state index is 3.63. The molecular formula is C15H24IN. The van der Waals surface area contributed by atoms with Crippen molar-refractivity contribution >= 4 is 22.6 Å². The lowest BCUT2D eigenvalue weighted by atomic mass is 10.0. The Morgan fingerprint density at radius 2 is 1.65 bits per heavy atom. The van der Waals surface area contributed by atoms with E-state index >= 15 is 0 Å². The second-order valence-electron chi connectivity index (χ2n) is 5.28. The van der Waals surface area contributed by atoms with E-state index in [4.69, 9.17) is 0 Å². The van der Waals surface area contributed by atoms with Crippen LogP contribution < -0.4 is 5.32 Å². The molecule has 96 valence electrons. The molecular weight excluding hydrogens is 321 g/mol. The molecule has 1 N–H and O–H groups in total. The van der Waals surface area contributed by atoms with Gasteiger partial charge in [0.2, 0.25) is 0 Å². The van der Waals surface area contributed by atoms with Gasteiger partial charge >= 0.3 is 0 Å². The van der Waals surface area contributed by atoms with Crippen LogP contribution >= 0.6 is 22.6 Å². The minimum atomic E-state index is 0.611. The molecule has 0 aliphatic rings.